The third-order valence-corrected chi connectivity index (χ3v) is 3.97. The summed E-state index contributed by atoms with van der Waals surface area (Å²) in [7, 11) is 0. The number of benzene rings is 1. The van der Waals surface area contributed by atoms with Crippen molar-refractivity contribution in [3.8, 4) is 0 Å². The highest BCUT2D eigenvalue weighted by atomic mass is 16.5. The highest BCUT2D eigenvalue weighted by Crippen LogP contribution is 2.35. The lowest BCUT2D eigenvalue weighted by Gasteiger charge is -2.37. The van der Waals surface area contributed by atoms with E-state index in [-0.39, 0.29) is 12.3 Å². The van der Waals surface area contributed by atoms with Gasteiger partial charge < -0.3 is 15.2 Å². The first-order chi connectivity index (χ1) is 10.0. The summed E-state index contributed by atoms with van der Waals surface area (Å²) in [4.78, 5) is 23.5. The minimum Gasteiger partial charge on any atom is -0.481 e. The normalized spacial score (nSPS) is 18.7. The zero-order valence-electron chi connectivity index (χ0n) is 12.2. The predicted molar refractivity (Wildman–Crippen MR) is 78.0 cm³/mol. The first kappa shape index (κ1) is 15.5. The van der Waals surface area contributed by atoms with E-state index < -0.39 is 17.4 Å². The Labute approximate surface area is 124 Å². The molecule has 1 aromatic carbocycles. The second-order valence-corrected chi connectivity index (χ2v) is 5.53. The molecule has 0 bridgehead atoms. The molecule has 1 aliphatic rings. The highest BCUT2D eigenvalue weighted by molar-refractivity contribution is 5.89. The van der Waals surface area contributed by atoms with Crippen LogP contribution >= 0.6 is 0 Å². The van der Waals surface area contributed by atoms with Crippen LogP contribution in [0.5, 0.6) is 0 Å². The van der Waals surface area contributed by atoms with E-state index in [1.54, 1.807) is 6.92 Å². The lowest BCUT2D eigenvalue weighted by atomic mass is 9.73. The molecule has 1 aromatic rings. The minimum absolute atomic E-state index is 0.0763. The lowest BCUT2D eigenvalue weighted by Crippen LogP contribution is -2.50. The molecule has 1 atom stereocenters. The van der Waals surface area contributed by atoms with Crippen LogP contribution in [-0.2, 0) is 19.7 Å². The Morgan fingerprint density at radius 3 is 2.48 bits per heavy atom. The molecule has 0 spiro atoms. The van der Waals surface area contributed by atoms with Gasteiger partial charge in [0.2, 0.25) is 5.91 Å². The van der Waals surface area contributed by atoms with E-state index in [1.165, 1.54) is 0 Å². The Kier molecular flexibility index (Phi) is 4.96. The van der Waals surface area contributed by atoms with E-state index in [1.807, 2.05) is 30.3 Å². The van der Waals surface area contributed by atoms with Gasteiger partial charge in [-0.3, -0.25) is 9.59 Å². The number of aliphatic carboxylic acids is 1. The average molecular weight is 291 g/mol. The highest BCUT2D eigenvalue weighted by Gasteiger charge is 2.41. The number of hydrogen-bond acceptors (Lipinski definition) is 3. The molecule has 1 aliphatic heterocycles. The van der Waals surface area contributed by atoms with Crippen molar-refractivity contribution in [2.75, 3.05) is 13.2 Å². The zero-order valence-corrected chi connectivity index (χ0v) is 12.2. The van der Waals surface area contributed by atoms with Crippen molar-refractivity contribution in [3.05, 3.63) is 35.9 Å². The number of hydrogen-bond donors (Lipinski definition) is 2. The molecule has 1 saturated heterocycles. The summed E-state index contributed by atoms with van der Waals surface area (Å²) in [5.74, 6) is -1.02. The van der Waals surface area contributed by atoms with Gasteiger partial charge in [-0.25, -0.2) is 0 Å². The molecule has 21 heavy (non-hydrogen) atoms. The molecular formula is C16H21NO4. The van der Waals surface area contributed by atoms with Crippen LogP contribution < -0.4 is 5.32 Å². The molecule has 114 valence electrons. The van der Waals surface area contributed by atoms with Gasteiger partial charge >= 0.3 is 5.97 Å². The van der Waals surface area contributed by atoms with E-state index in [0.29, 0.717) is 26.1 Å². The summed E-state index contributed by atoms with van der Waals surface area (Å²) in [6, 6.07) is 9.26. The van der Waals surface area contributed by atoms with Crippen molar-refractivity contribution in [3.63, 3.8) is 0 Å². The van der Waals surface area contributed by atoms with Crippen molar-refractivity contribution in [1.82, 2.24) is 5.32 Å². The smallest absolute Gasteiger partial charge is 0.305 e. The molecule has 0 aromatic heterocycles. The first-order valence-corrected chi connectivity index (χ1v) is 7.20. The fraction of sp³-hybridized carbons (Fsp3) is 0.500. The number of carboxylic acids is 1. The van der Waals surface area contributed by atoms with Gasteiger partial charge in [0.15, 0.2) is 0 Å². The van der Waals surface area contributed by atoms with E-state index in [4.69, 9.17) is 9.84 Å². The maximum absolute atomic E-state index is 12.8. The van der Waals surface area contributed by atoms with Gasteiger partial charge in [-0.15, -0.1) is 0 Å². The van der Waals surface area contributed by atoms with Crippen LogP contribution in [0.3, 0.4) is 0 Å². The summed E-state index contributed by atoms with van der Waals surface area (Å²) in [5.41, 5.74) is 0.347. The van der Waals surface area contributed by atoms with Crippen molar-refractivity contribution < 1.29 is 19.4 Å². The van der Waals surface area contributed by atoms with Crippen molar-refractivity contribution >= 4 is 11.9 Å². The lowest BCUT2D eigenvalue weighted by molar-refractivity contribution is -0.138. The van der Waals surface area contributed by atoms with Crippen LogP contribution in [0.2, 0.25) is 0 Å². The van der Waals surface area contributed by atoms with Gasteiger partial charge in [0.05, 0.1) is 11.8 Å². The van der Waals surface area contributed by atoms with Crippen LogP contribution in [0.1, 0.15) is 31.7 Å². The topological polar surface area (TPSA) is 75.6 Å². The largest absolute Gasteiger partial charge is 0.481 e. The number of amides is 1. The monoisotopic (exact) mass is 291 g/mol. The molecule has 2 N–H and O–H groups in total. The number of carbonyl (C=O) groups is 2. The molecule has 0 radical (unpaired) electrons. The van der Waals surface area contributed by atoms with Gasteiger partial charge in [0.25, 0.3) is 0 Å². The van der Waals surface area contributed by atoms with Crippen LogP contribution in [-0.4, -0.2) is 36.2 Å². The third-order valence-electron chi connectivity index (χ3n) is 3.97. The first-order valence-electron chi connectivity index (χ1n) is 7.20. The second-order valence-electron chi connectivity index (χ2n) is 5.53. The molecule has 5 heteroatoms. The molecule has 0 saturated carbocycles. The van der Waals surface area contributed by atoms with Crippen molar-refractivity contribution in [2.24, 2.45) is 0 Å². The fourth-order valence-corrected chi connectivity index (χ4v) is 2.80. The summed E-state index contributed by atoms with van der Waals surface area (Å²) in [5, 5.41) is 11.7. The van der Waals surface area contributed by atoms with Crippen molar-refractivity contribution in [1.29, 1.82) is 0 Å². The van der Waals surface area contributed by atoms with Crippen LogP contribution in [0.15, 0.2) is 30.3 Å². The van der Waals surface area contributed by atoms with Gasteiger partial charge in [0, 0.05) is 19.3 Å². The fourth-order valence-electron chi connectivity index (χ4n) is 2.80. The Hall–Kier alpha value is -1.88. The SMILES string of the molecule is CC(CC(=O)O)NC(=O)C1(c2ccccc2)CCOCC1. The Bertz CT molecular complexity index is 494. The molecular weight excluding hydrogens is 270 g/mol. The maximum atomic E-state index is 12.8. The zero-order chi connectivity index (χ0) is 15.3. The average Bonchev–Trinajstić information content (AvgIpc) is 2.48. The molecule has 1 unspecified atom stereocenters. The summed E-state index contributed by atoms with van der Waals surface area (Å²) < 4.78 is 5.39. The summed E-state index contributed by atoms with van der Waals surface area (Å²) in [6.07, 6.45) is 1.15. The molecule has 5 nitrogen and oxygen atoms in total. The Morgan fingerprint density at radius 1 is 1.29 bits per heavy atom. The maximum Gasteiger partial charge on any atom is 0.305 e. The van der Waals surface area contributed by atoms with Gasteiger partial charge in [-0.2, -0.15) is 0 Å². The standard InChI is InChI=1S/C16H21NO4/c1-12(11-14(18)19)17-15(20)16(7-9-21-10-8-16)13-5-3-2-4-6-13/h2-6,12H,7-11H2,1H3,(H,17,20)(H,18,19). The summed E-state index contributed by atoms with van der Waals surface area (Å²) >= 11 is 0. The van der Waals surface area contributed by atoms with E-state index in [0.717, 1.165) is 5.56 Å². The molecule has 1 amide bonds. The van der Waals surface area contributed by atoms with Crippen LogP contribution in [0, 0.1) is 0 Å². The second kappa shape index (κ2) is 6.72. The predicted octanol–water partition coefficient (Wildman–Crippen LogP) is 1.71. The van der Waals surface area contributed by atoms with Crippen molar-refractivity contribution in [2.45, 2.75) is 37.6 Å². The molecule has 1 fully saturated rings. The van der Waals surface area contributed by atoms with Crippen LogP contribution in [0.25, 0.3) is 0 Å². The number of carbonyl (C=O) groups excluding carboxylic acids is 1. The number of nitrogens with one attached hydrogen (secondary N) is 1. The molecule has 1 heterocycles. The molecule has 2 rings (SSSR count). The van der Waals surface area contributed by atoms with E-state index >= 15 is 0 Å². The Balaban J connectivity index is 2.20. The van der Waals surface area contributed by atoms with E-state index in [9.17, 15) is 9.59 Å². The number of ether oxygens (including phenoxy) is 1. The van der Waals surface area contributed by atoms with Crippen LogP contribution in [0.4, 0.5) is 0 Å². The summed E-state index contributed by atoms with van der Waals surface area (Å²) in [6.45, 7) is 2.79. The third kappa shape index (κ3) is 3.61. The minimum atomic E-state index is -0.913. The van der Waals surface area contributed by atoms with Gasteiger partial charge in [-0.1, -0.05) is 30.3 Å². The number of carboxylic acid groups (broad SMARTS) is 1. The van der Waals surface area contributed by atoms with Gasteiger partial charge in [0.1, 0.15) is 0 Å². The quantitative estimate of drug-likeness (QED) is 0.866. The Morgan fingerprint density at radius 2 is 1.90 bits per heavy atom. The van der Waals surface area contributed by atoms with E-state index in [2.05, 4.69) is 5.32 Å². The number of rotatable bonds is 5. The van der Waals surface area contributed by atoms with Gasteiger partial charge in [-0.05, 0) is 25.3 Å². The molecule has 0 aliphatic carbocycles.